The minimum absolute atomic E-state index is 0.115. The smallest absolute Gasteiger partial charge is 0.136 e. The molecule has 1 N–H and O–H groups in total. The fourth-order valence-corrected chi connectivity index (χ4v) is 2.24. The summed E-state index contributed by atoms with van der Waals surface area (Å²) in [7, 11) is 0. The van der Waals surface area contributed by atoms with E-state index >= 15 is 0 Å². The molecular formula is C10H11FIN. The van der Waals surface area contributed by atoms with Crippen molar-refractivity contribution in [1.29, 1.82) is 0 Å². The monoisotopic (exact) mass is 291 g/mol. The lowest BCUT2D eigenvalue weighted by Crippen LogP contribution is -2.08. The van der Waals surface area contributed by atoms with E-state index in [-0.39, 0.29) is 5.82 Å². The lowest BCUT2D eigenvalue weighted by molar-refractivity contribution is 0.617. The molecule has 70 valence electrons. The van der Waals surface area contributed by atoms with Crippen LogP contribution in [0.5, 0.6) is 0 Å². The van der Waals surface area contributed by atoms with Gasteiger partial charge in [-0.1, -0.05) is 6.07 Å². The molecule has 0 bridgehead atoms. The predicted octanol–water partition coefficient (Wildman–Crippen LogP) is 2.51. The van der Waals surface area contributed by atoms with Crippen LogP contribution in [0.3, 0.4) is 0 Å². The maximum atomic E-state index is 13.0. The van der Waals surface area contributed by atoms with Crippen molar-refractivity contribution >= 4 is 22.6 Å². The second kappa shape index (κ2) is 3.92. The Kier molecular flexibility index (Phi) is 2.83. The number of rotatable bonds is 1. The fourth-order valence-electron chi connectivity index (χ4n) is 1.71. The molecule has 0 radical (unpaired) electrons. The van der Waals surface area contributed by atoms with Crippen molar-refractivity contribution < 1.29 is 4.39 Å². The molecule has 1 saturated heterocycles. The minimum atomic E-state index is -0.115. The standard InChI is InChI=1S/C10H11FIN/c11-9-2-1-7(5-10(9)12)8-3-4-13-6-8/h1-2,5,8,13H,3-4,6H2/t8-/m1/s1. The Hall–Kier alpha value is -0.160. The Morgan fingerprint density at radius 3 is 2.92 bits per heavy atom. The Balaban J connectivity index is 2.25. The van der Waals surface area contributed by atoms with Crippen LogP contribution < -0.4 is 5.32 Å². The first-order valence-electron chi connectivity index (χ1n) is 4.43. The first kappa shape index (κ1) is 9.40. The molecule has 1 atom stereocenters. The SMILES string of the molecule is Fc1ccc([C@@H]2CCNC2)cc1I. The van der Waals surface area contributed by atoms with Crippen LogP contribution in [0.15, 0.2) is 18.2 Å². The fraction of sp³-hybridized carbons (Fsp3) is 0.400. The number of hydrogen-bond donors (Lipinski definition) is 1. The maximum Gasteiger partial charge on any atom is 0.136 e. The molecule has 1 aliphatic heterocycles. The summed E-state index contributed by atoms with van der Waals surface area (Å²) in [6.07, 6.45) is 1.17. The van der Waals surface area contributed by atoms with E-state index in [0.717, 1.165) is 16.7 Å². The normalized spacial score (nSPS) is 22.2. The Morgan fingerprint density at radius 2 is 2.31 bits per heavy atom. The zero-order valence-electron chi connectivity index (χ0n) is 7.19. The van der Waals surface area contributed by atoms with Crippen molar-refractivity contribution in [3.63, 3.8) is 0 Å². The van der Waals surface area contributed by atoms with E-state index in [1.807, 2.05) is 34.7 Å². The van der Waals surface area contributed by atoms with Gasteiger partial charge >= 0.3 is 0 Å². The van der Waals surface area contributed by atoms with Crippen molar-refractivity contribution in [2.75, 3.05) is 13.1 Å². The third kappa shape index (κ3) is 2.02. The molecule has 0 aliphatic carbocycles. The second-order valence-electron chi connectivity index (χ2n) is 3.36. The molecule has 0 aromatic heterocycles. The summed E-state index contributed by atoms with van der Waals surface area (Å²) >= 11 is 2.04. The molecule has 1 aromatic carbocycles. The molecule has 13 heavy (non-hydrogen) atoms. The summed E-state index contributed by atoms with van der Waals surface area (Å²) in [5.41, 5.74) is 1.26. The van der Waals surface area contributed by atoms with Gasteiger partial charge in [0.1, 0.15) is 5.82 Å². The van der Waals surface area contributed by atoms with Gasteiger partial charge in [0.25, 0.3) is 0 Å². The molecule has 1 aromatic rings. The van der Waals surface area contributed by atoms with Gasteiger partial charge in [-0.15, -0.1) is 0 Å². The van der Waals surface area contributed by atoms with E-state index in [1.165, 1.54) is 12.0 Å². The molecule has 1 nitrogen and oxygen atoms in total. The third-order valence-electron chi connectivity index (χ3n) is 2.48. The van der Waals surface area contributed by atoms with Crippen LogP contribution in [-0.4, -0.2) is 13.1 Å². The highest BCUT2D eigenvalue weighted by atomic mass is 127. The number of halogens is 2. The molecule has 0 spiro atoms. The molecule has 1 heterocycles. The summed E-state index contributed by atoms with van der Waals surface area (Å²) < 4.78 is 13.7. The van der Waals surface area contributed by atoms with Crippen LogP contribution in [-0.2, 0) is 0 Å². The van der Waals surface area contributed by atoms with Crippen molar-refractivity contribution in [2.45, 2.75) is 12.3 Å². The van der Waals surface area contributed by atoms with Gasteiger partial charge < -0.3 is 5.32 Å². The Bertz CT molecular complexity index is 308. The summed E-state index contributed by atoms with van der Waals surface area (Å²) in [6.45, 7) is 2.11. The van der Waals surface area contributed by atoms with Crippen LogP contribution >= 0.6 is 22.6 Å². The average molecular weight is 291 g/mol. The topological polar surface area (TPSA) is 12.0 Å². The minimum Gasteiger partial charge on any atom is -0.316 e. The number of hydrogen-bond acceptors (Lipinski definition) is 1. The molecule has 0 amide bonds. The highest BCUT2D eigenvalue weighted by Crippen LogP contribution is 2.24. The first-order chi connectivity index (χ1) is 6.27. The highest BCUT2D eigenvalue weighted by molar-refractivity contribution is 14.1. The molecule has 1 fully saturated rings. The third-order valence-corrected chi connectivity index (χ3v) is 3.30. The van der Waals surface area contributed by atoms with Gasteiger partial charge in [0.05, 0.1) is 0 Å². The molecule has 3 heteroatoms. The average Bonchev–Trinajstić information content (AvgIpc) is 2.62. The molecule has 1 aliphatic rings. The van der Waals surface area contributed by atoms with Crippen LogP contribution in [0, 0.1) is 9.39 Å². The summed E-state index contributed by atoms with van der Waals surface area (Å²) in [6, 6.07) is 5.41. The second-order valence-corrected chi connectivity index (χ2v) is 4.53. The van der Waals surface area contributed by atoms with Gasteiger partial charge in [-0.2, -0.15) is 0 Å². The molecule has 0 unspecified atom stereocenters. The summed E-state index contributed by atoms with van der Waals surface area (Å²) in [5, 5.41) is 3.31. The lowest BCUT2D eigenvalue weighted by atomic mass is 9.99. The first-order valence-corrected chi connectivity index (χ1v) is 5.51. The Morgan fingerprint density at radius 1 is 1.46 bits per heavy atom. The van der Waals surface area contributed by atoms with Crippen LogP contribution in [0.4, 0.5) is 4.39 Å². The van der Waals surface area contributed by atoms with Gasteiger partial charge in [0.2, 0.25) is 0 Å². The zero-order chi connectivity index (χ0) is 9.26. The maximum absolute atomic E-state index is 13.0. The molecule has 0 saturated carbocycles. The summed E-state index contributed by atoms with van der Waals surface area (Å²) in [5.74, 6) is 0.462. The molecule has 2 rings (SSSR count). The zero-order valence-corrected chi connectivity index (χ0v) is 9.34. The van der Waals surface area contributed by atoms with Gasteiger partial charge in [0, 0.05) is 10.1 Å². The van der Waals surface area contributed by atoms with Gasteiger partial charge in [-0.3, -0.25) is 0 Å². The van der Waals surface area contributed by atoms with Gasteiger partial charge in [-0.25, -0.2) is 4.39 Å². The van der Waals surface area contributed by atoms with Crippen LogP contribution in [0.2, 0.25) is 0 Å². The summed E-state index contributed by atoms with van der Waals surface area (Å²) in [4.78, 5) is 0. The van der Waals surface area contributed by atoms with Crippen molar-refractivity contribution in [1.82, 2.24) is 5.32 Å². The molecular weight excluding hydrogens is 280 g/mol. The number of nitrogens with one attached hydrogen (secondary N) is 1. The Labute approximate surface area is 90.9 Å². The van der Waals surface area contributed by atoms with Gasteiger partial charge in [-0.05, 0) is 59.2 Å². The van der Waals surface area contributed by atoms with Gasteiger partial charge in [0.15, 0.2) is 0 Å². The van der Waals surface area contributed by atoms with E-state index in [1.54, 1.807) is 6.07 Å². The largest absolute Gasteiger partial charge is 0.316 e. The number of benzene rings is 1. The van der Waals surface area contributed by atoms with Crippen LogP contribution in [0.25, 0.3) is 0 Å². The quantitative estimate of drug-likeness (QED) is 0.784. The van der Waals surface area contributed by atoms with Crippen molar-refractivity contribution in [3.05, 3.63) is 33.1 Å². The highest BCUT2D eigenvalue weighted by Gasteiger charge is 2.16. The van der Waals surface area contributed by atoms with E-state index < -0.39 is 0 Å². The van der Waals surface area contributed by atoms with E-state index in [9.17, 15) is 4.39 Å². The predicted molar refractivity (Wildman–Crippen MR) is 59.3 cm³/mol. The van der Waals surface area contributed by atoms with Crippen LogP contribution in [0.1, 0.15) is 17.9 Å². The van der Waals surface area contributed by atoms with Crippen molar-refractivity contribution in [2.24, 2.45) is 0 Å². The van der Waals surface area contributed by atoms with E-state index in [0.29, 0.717) is 5.92 Å². The van der Waals surface area contributed by atoms with Crippen molar-refractivity contribution in [3.8, 4) is 0 Å². The van der Waals surface area contributed by atoms with E-state index in [2.05, 4.69) is 5.32 Å². The van der Waals surface area contributed by atoms with E-state index in [4.69, 9.17) is 0 Å². The lowest BCUT2D eigenvalue weighted by Gasteiger charge is -2.08.